The van der Waals surface area contributed by atoms with Crippen LogP contribution in [0.2, 0.25) is 4.34 Å². The van der Waals surface area contributed by atoms with Crippen LogP contribution in [0.15, 0.2) is 10.5 Å². The topological polar surface area (TPSA) is 24.9 Å². The first kappa shape index (κ1) is 15.4. The molecule has 0 aliphatic heterocycles. The SMILES string of the molecule is Cc1nc(C(NC(C)C)c2cc(Br)c(Cl)s2)sc1C. The highest BCUT2D eigenvalue weighted by Crippen LogP contribution is 2.38. The van der Waals surface area contributed by atoms with E-state index < -0.39 is 0 Å². The van der Waals surface area contributed by atoms with E-state index in [1.807, 2.05) is 0 Å². The van der Waals surface area contributed by atoms with Crippen LogP contribution in [0.3, 0.4) is 0 Å². The van der Waals surface area contributed by atoms with Crippen molar-refractivity contribution in [3.63, 3.8) is 0 Å². The van der Waals surface area contributed by atoms with E-state index in [4.69, 9.17) is 11.6 Å². The molecule has 0 aliphatic carbocycles. The van der Waals surface area contributed by atoms with Crippen molar-refractivity contribution in [3.05, 3.63) is 35.3 Å². The van der Waals surface area contributed by atoms with Crippen molar-refractivity contribution in [2.24, 2.45) is 0 Å². The fourth-order valence-corrected chi connectivity index (χ4v) is 4.61. The summed E-state index contributed by atoms with van der Waals surface area (Å²) >= 11 is 13.0. The first-order valence-electron chi connectivity index (χ1n) is 6.03. The lowest BCUT2D eigenvalue weighted by Crippen LogP contribution is -2.28. The normalized spacial score (nSPS) is 13.2. The number of aryl methyl sites for hydroxylation is 2. The van der Waals surface area contributed by atoms with Crippen molar-refractivity contribution in [1.29, 1.82) is 0 Å². The predicted molar refractivity (Wildman–Crippen MR) is 88.7 cm³/mol. The van der Waals surface area contributed by atoms with Crippen LogP contribution < -0.4 is 5.32 Å². The molecule has 1 atom stereocenters. The summed E-state index contributed by atoms with van der Waals surface area (Å²) in [5.41, 5.74) is 1.11. The molecule has 2 rings (SSSR count). The van der Waals surface area contributed by atoms with Crippen LogP contribution in [0.5, 0.6) is 0 Å². The van der Waals surface area contributed by atoms with Crippen LogP contribution in [0.1, 0.15) is 40.3 Å². The second-order valence-corrected chi connectivity index (χ2v) is 8.49. The van der Waals surface area contributed by atoms with Crippen LogP contribution >= 0.6 is 50.2 Å². The molecule has 2 aromatic heterocycles. The molecule has 0 aromatic carbocycles. The molecule has 0 bridgehead atoms. The van der Waals surface area contributed by atoms with Crippen LogP contribution in [0.4, 0.5) is 0 Å². The second-order valence-electron chi connectivity index (χ2n) is 4.72. The highest BCUT2D eigenvalue weighted by molar-refractivity contribution is 9.10. The summed E-state index contributed by atoms with van der Waals surface area (Å²) in [7, 11) is 0. The summed E-state index contributed by atoms with van der Waals surface area (Å²) in [6, 6.07) is 2.58. The van der Waals surface area contributed by atoms with E-state index in [1.165, 1.54) is 9.75 Å². The van der Waals surface area contributed by atoms with Crippen LogP contribution in [-0.4, -0.2) is 11.0 Å². The first-order chi connectivity index (χ1) is 8.88. The average molecular weight is 380 g/mol. The lowest BCUT2D eigenvalue weighted by molar-refractivity contribution is 0.532. The highest BCUT2D eigenvalue weighted by Gasteiger charge is 2.22. The molecule has 19 heavy (non-hydrogen) atoms. The van der Waals surface area contributed by atoms with Gasteiger partial charge in [-0.15, -0.1) is 22.7 Å². The summed E-state index contributed by atoms with van der Waals surface area (Å²) in [6.45, 7) is 8.45. The van der Waals surface area contributed by atoms with Gasteiger partial charge in [0.15, 0.2) is 0 Å². The van der Waals surface area contributed by atoms with Crippen molar-refractivity contribution < 1.29 is 0 Å². The van der Waals surface area contributed by atoms with Crippen molar-refractivity contribution in [2.75, 3.05) is 0 Å². The zero-order chi connectivity index (χ0) is 14.2. The molecule has 1 N–H and O–H groups in total. The van der Waals surface area contributed by atoms with Gasteiger partial charge in [-0.1, -0.05) is 11.6 Å². The fraction of sp³-hybridized carbons (Fsp3) is 0.462. The van der Waals surface area contributed by atoms with Gasteiger partial charge in [0.25, 0.3) is 0 Å². The Morgan fingerprint density at radius 2 is 2.00 bits per heavy atom. The minimum Gasteiger partial charge on any atom is -0.301 e. The van der Waals surface area contributed by atoms with Gasteiger partial charge in [-0.05, 0) is 49.7 Å². The van der Waals surface area contributed by atoms with E-state index >= 15 is 0 Å². The maximum Gasteiger partial charge on any atom is 0.115 e. The number of rotatable bonds is 4. The van der Waals surface area contributed by atoms with Gasteiger partial charge in [0.2, 0.25) is 0 Å². The third-order valence-corrected chi connectivity index (χ3v) is 6.42. The van der Waals surface area contributed by atoms with Crippen molar-refractivity contribution in [3.8, 4) is 0 Å². The van der Waals surface area contributed by atoms with Crippen LogP contribution in [0, 0.1) is 13.8 Å². The molecule has 2 heterocycles. The van der Waals surface area contributed by atoms with Gasteiger partial charge in [-0.25, -0.2) is 4.98 Å². The Hall–Kier alpha value is 0.0600. The maximum absolute atomic E-state index is 6.16. The van der Waals surface area contributed by atoms with Gasteiger partial charge < -0.3 is 5.32 Å². The number of halogens is 2. The Labute approximate surface area is 135 Å². The van der Waals surface area contributed by atoms with Crippen LogP contribution in [-0.2, 0) is 0 Å². The van der Waals surface area contributed by atoms with E-state index in [-0.39, 0.29) is 6.04 Å². The standard InChI is InChI=1S/C13H16BrClN2S2/c1-6(2)16-11(10-5-9(14)12(15)19-10)13-17-7(3)8(4)18-13/h5-6,11,16H,1-4H3. The minimum absolute atomic E-state index is 0.117. The Bertz CT molecular complexity index is 492. The second kappa shape index (κ2) is 6.22. The van der Waals surface area contributed by atoms with Crippen LogP contribution in [0.25, 0.3) is 0 Å². The molecular formula is C13H16BrClN2S2. The van der Waals surface area contributed by atoms with E-state index in [2.05, 4.69) is 60.0 Å². The molecule has 2 aromatic rings. The monoisotopic (exact) mass is 378 g/mol. The Balaban J connectivity index is 2.40. The Morgan fingerprint density at radius 1 is 1.32 bits per heavy atom. The molecule has 2 nitrogen and oxygen atoms in total. The molecule has 1 unspecified atom stereocenters. The number of thiophene rings is 1. The largest absolute Gasteiger partial charge is 0.301 e. The Kier molecular flexibility index (Phi) is 5.06. The van der Waals surface area contributed by atoms with Gasteiger partial charge in [0.1, 0.15) is 9.34 Å². The van der Waals surface area contributed by atoms with E-state index in [9.17, 15) is 0 Å². The predicted octanol–water partition coefficient (Wildman–Crippen LogP) is 5.32. The number of thiazole rings is 1. The zero-order valence-corrected chi connectivity index (χ0v) is 15.2. The van der Waals surface area contributed by atoms with E-state index in [0.717, 1.165) is 19.5 Å². The maximum atomic E-state index is 6.16. The molecular weight excluding hydrogens is 364 g/mol. The quantitative estimate of drug-likeness (QED) is 0.777. The summed E-state index contributed by atoms with van der Waals surface area (Å²) in [5, 5.41) is 4.68. The minimum atomic E-state index is 0.117. The van der Waals surface area contributed by atoms with Crippen molar-refractivity contribution in [1.82, 2.24) is 10.3 Å². The number of nitrogens with one attached hydrogen (secondary N) is 1. The number of aromatic nitrogens is 1. The molecule has 104 valence electrons. The summed E-state index contributed by atoms with van der Waals surface area (Å²) in [5.74, 6) is 0. The first-order valence-corrected chi connectivity index (χ1v) is 8.83. The zero-order valence-electron chi connectivity index (χ0n) is 11.3. The lowest BCUT2D eigenvalue weighted by atomic mass is 10.2. The van der Waals surface area contributed by atoms with E-state index in [0.29, 0.717) is 6.04 Å². The lowest BCUT2D eigenvalue weighted by Gasteiger charge is -2.17. The molecule has 0 fully saturated rings. The highest BCUT2D eigenvalue weighted by atomic mass is 79.9. The van der Waals surface area contributed by atoms with Gasteiger partial charge in [0.05, 0.1) is 11.7 Å². The van der Waals surface area contributed by atoms with Gasteiger partial charge in [-0.3, -0.25) is 0 Å². The number of nitrogens with zero attached hydrogens (tertiary/aromatic N) is 1. The fourth-order valence-electron chi connectivity index (χ4n) is 1.74. The van der Waals surface area contributed by atoms with Gasteiger partial charge in [-0.2, -0.15) is 0 Å². The van der Waals surface area contributed by atoms with Gasteiger partial charge >= 0.3 is 0 Å². The molecule has 0 spiro atoms. The third kappa shape index (κ3) is 3.58. The number of hydrogen-bond acceptors (Lipinski definition) is 4. The summed E-state index contributed by atoms with van der Waals surface area (Å²) in [4.78, 5) is 7.15. The summed E-state index contributed by atoms with van der Waals surface area (Å²) in [6.07, 6.45) is 0. The average Bonchev–Trinajstić information content (AvgIpc) is 2.81. The van der Waals surface area contributed by atoms with Crippen molar-refractivity contribution in [2.45, 2.75) is 39.8 Å². The molecule has 0 saturated carbocycles. The van der Waals surface area contributed by atoms with Gasteiger partial charge in [0, 0.05) is 20.3 Å². The molecule has 0 aliphatic rings. The molecule has 0 amide bonds. The molecule has 6 heteroatoms. The Morgan fingerprint density at radius 3 is 2.42 bits per heavy atom. The molecule has 0 saturated heterocycles. The number of hydrogen-bond donors (Lipinski definition) is 1. The molecule has 0 radical (unpaired) electrons. The van der Waals surface area contributed by atoms with E-state index in [1.54, 1.807) is 22.7 Å². The summed E-state index contributed by atoms with van der Waals surface area (Å²) < 4.78 is 1.74. The third-order valence-electron chi connectivity index (χ3n) is 2.74. The smallest absolute Gasteiger partial charge is 0.115 e. The van der Waals surface area contributed by atoms with Crippen molar-refractivity contribution >= 4 is 50.2 Å².